The highest BCUT2D eigenvalue weighted by Gasteiger charge is 1.97. The lowest BCUT2D eigenvalue weighted by Gasteiger charge is -2.03. The van der Waals surface area contributed by atoms with Crippen molar-refractivity contribution < 1.29 is 0 Å². The van der Waals surface area contributed by atoms with E-state index in [0.29, 0.717) is 0 Å². The van der Waals surface area contributed by atoms with Crippen LogP contribution in [0.1, 0.15) is 63.0 Å². The second kappa shape index (κ2) is 8.91. The van der Waals surface area contributed by atoms with Crippen molar-refractivity contribution in [2.45, 2.75) is 65.7 Å². The summed E-state index contributed by atoms with van der Waals surface area (Å²) < 4.78 is 0. The summed E-state index contributed by atoms with van der Waals surface area (Å²) in [6.45, 7) is 6.52. The number of aliphatic imine (C=N–C) groups is 1. The van der Waals surface area contributed by atoms with E-state index in [2.05, 4.69) is 50.2 Å². The highest BCUT2D eigenvalue weighted by molar-refractivity contribution is 5.66. The number of unbranched alkanes of at least 4 members (excludes halogenated alkanes) is 6. The van der Waals surface area contributed by atoms with Gasteiger partial charge in [0.25, 0.3) is 0 Å². The summed E-state index contributed by atoms with van der Waals surface area (Å²) >= 11 is 0. The Kier molecular flexibility index (Phi) is 7.40. The van der Waals surface area contributed by atoms with Crippen LogP contribution in [0.2, 0.25) is 0 Å². The van der Waals surface area contributed by atoms with E-state index < -0.39 is 0 Å². The Morgan fingerprint density at radius 1 is 0.944 bits per heavy atom. The molecule has 18 heavy (non-hydrogen) atoms. The molecular weight excluding hydrogens is 218 g/mol. The molecule has 0 saturated carbocycles. The van der Waals surface area contributed by atoms with Gasteiger partial charge in [0.15, 0.2) is 0 Å². The molecule has 0 aliphatic heterocycles. The predicted octanol–water partition coefficient (Wildman–Crippen LogP) is 5.76. The Morgan fingerprint density at radius 3 is 2.22 bits per heavy atom. The molecule has 1 aromatic carbocycles. The maximum absolute atomic E-state index is 4.61. The highest BCUT2D eigenvalue weighted by atomic mass is 14.7. The van der Waals surface area contributed by atoms with Gasteiger partial charge in [-0.2, -0.15) is 0 Å². The first-order valence-corrected chi connectivity index (χ1v) is 7.34. The van der Waals surface area contributed by atoms with Gasteiger partial charge in [-0.15, -0.1) is 0 Å². The minimum Gasteiger partial charge on any atom is -0.261 e. The Morgan fingerprint density at radius 2 is 1.56 bits per heavy atom. The molecule has 0 radical (unpaired) electrons. The fourth-order valence-electron chi connectivity index (χ4n) is 2.18. The second-order valence-electron chi connectivity index (χ2n) is 5.11. The summed E-state index contributed by atoms with van der Waals surface area (Å²) in [7, 11) is 0. The van der Waals surface area contributed by atoms with Gasteiger partial charge >= 0.3 is 0 Å². The van der Waals surface area contributed by atoms with E-state index in [1.165, 1.54) is 49.7 Å². The van der Waals surface area contributed by atoms with Crippen LogP contribution in [0, 0.1) is 13.8 Å². The Labute approximate surface area is 112 Å². The number of para-hydroxylation sites is 1. The van der Waals surface area contributed by atoms with Crippen LogP contribution in [0.5, 0.6) is 0 Å². The van der Waals surface area contributed by atoms with Crippen LogP contribution in [0.15, 0.2) is 23.2 Å². The van der Waals surface area contributed by atoms with E-state index in [1.54, 1.807) is 0 Å². The average molecular weight is 245 g/mol. The molecule has 0 aliphatic rings. The van der Waals surface area contributed by atoms with Gasteiger partial charge in [0.1, 0.15) is 0 Å². The minimum atomic E-state index is 1.11. The van der Waals surface area contributed by atoms with Crippen molar-refractivity contribution >= 4 is 11.9 Å². The van der Waals surface area contributed by atoms with Crippen LogP contribution >= 0.6 is 0 Å². The quantitative estimate of drug-likeness (QED) is 0.408. The van der Waals surface area contributed by atoms with E-state index in [9.17, 15) is 0 Å². The molecule has 0 amide bonds. The molecule has 1 nitrogen and oxygen atoms in total. The van der Waals surface area contributed by atoms with Crippen LogP contribution in [0.3, 0.4) is 0 Å². The zero-order valence-electron chi connectivity index (χ0n) is 12.2. The van der Waals surface area contributed by atoms with Crippen molar-refractivity contribution in [3.8, 4) is 0 Å². The lowest BCUT2D eigenvalue weighted by Crippen LogP contribution is -1.83. The molecular formula is C17H27N. The summed E-state index contributed by atoms with van der Waals surface area (Å²) in [4.78, 5) is 4.61. The number of rotatable bonds is 8. The van der Waals surface area contributed by atoms with Gasteiger partial charge in [-0.25, -0.2) is 0 Å². The van der Waals surface area contributed by atoms with E-state index in [1.807, 2.05) is 0 Å². The number of hydrogen-bond donors (Lipinski definition) is 0. The van der Waals surface area contributed by atoms with Crippen molar-refractivity contribution in [2.75, 3.05) is 0 Å². The van der Waals surface area contributed by atoms with Crippen LogP contribution < -0.4 is 0 Å². The number of nitrogens with zero attached hydrogens (tertiary/aromatic N) is 1. The maximum atomic E-state index is 4.61. The summed E-state index contributed by atoms with van der Waals surface area (Å²) in [5, 5.41) is 0. The van der Waals surface area contributed by atoms with Gasteiger partial charge in [-0.05, 0) is 37.8 Å². The normalized spacial score (nSPS) is 11.3. The van der Waals surface area contributed by atoms with E-state index in [-0.39, 0.29) is 0 Å². The molecule has 1 rings (SSSR count). The van der Waals surface area contributed by atoms with Gasteiger partial charge < -0.3 is 0 Å². The van der Waals surface area contributed by atoms with Crippen molar-refractivity contribution in [2.24, 2.45) is 4.99 Å². The van der Waals surface area contributed by atoms with Crippen LogP contribution in [-0.2, 0) is 0 Å². The largest absolute Gasteiger partial charge is 0.261 e. The van der Waals surface area contributed by atoms with E-state index in [4.69, 9.17) is 0 Å². The van der Waals surface area contributed by atoms with Crippen molar-refractivity contribution in [3.63, 3.8) is 0 Å². The summed E-state index contributed by atoms with van der Waals surface area (Å²) in [5.74, 6) is 0. The van der Waals surface area contributed by atoms with Crippen molar-refractivity contribution in [3.05, 3.63) is 29.3 Å². The Balaban J connectivity index is 2.24. The highest BCUT2D eigenvalue weighted by Crippen LogP contribution is 2.22. The predicted molar refractivity (Wildman–Crippen MR) is 82.1 cm³/mol. The lowest BCUT2D eigenvalue weighted by atomic mass is 10.1. The van der Waals surface area contributed by atoms with Gasteiger partial charge in [0.05, 0.1) is 5.69 Å². The molecule has 1 aromatic rings. The smallest absolute Gasteiger partial charge is 0.0683 e. The monoisotopic (exact) mass is 245 g/mol. The topological polar surface area (TPSA) is 12.4 Å². The molecule has 0 aliphatic carbocycles. The third kappa shape index (κ3) is 5.48. The minimum absolute atomic E-state index is 1.11. The molecule has 100 valence electrons. The number of hydrogen-bond acceptors (Lipinski definition) is 1. The molecule has 0 aromatic heterocycles. The average Bonchev–Trinajstić information content (AvgIpc) is 2.35. The standard InChI is InChI=1S/C17H27N/c1-4-5-6-7-8-9-10-14-18-17-15(2)12-11-13-16(17)3/h11-14H,4-10H2,1-3H3. The first-order chi connectivity index (χ1) is 8.75. The molecule has 0 atom stereocenters. The Bertz CT molecular complexity index is 346. The van der Waals surface area contributed by atoms with Crippen molar-refractivity contribution in [1.29, 1.82) is 0 Å². The molecule has 0 heterocycles. The van der Waals surface area contributed by atoms with Gasteiger partial charge in [-0.3, -0.25) is 4.99 Å². The maximum Gasteiger partial charge on any atom is 0.0683 e. The first kappa shape index (κ1) is 14.9. The third-order valence-corrected chi connectivity index (χ3v) is 3.35. The first-order valence-electron chi connectivity index (χ1n) is 7.34. The summed E-state index contributed by atoms with van der Waals surface area (Å²) in [6.07, 6.45) is 11.3. The Hall–Kier alpha value is -1.11. The van der Waals surface area contributed by atoms with Gasteiger partial charge in [0.2, 0.25) is 0 Å². The molecule has 0 unspecified atom stereocenters. The summed E-state index contributed by atoms with van der Waals surface area (Å²) in [5.41, 5.74) is 3.70. The fraction of sp³-hybridized carbons (Fsp3) is 0.588. The fourth-order valence-corrected chi connectivity index (χ4v) is 2.18. The number of aryl methyl sites for hydroxylation is 2. The van der Waals surface area contributed by atoms with Crippen LogP contribution in [-0.4, -0.2) is 6.21 Å². The summed E-state index contributed by atoms with van der Waals surface area (Å²) in [6, 6.07) is 6.35. The van der Waals surface area contributed by atoms with E-state index >= 15 is 0 Å². The zero-order valence-corrected chi connectivity index (χ0v) is 12.2. The van der Waals surface area contributed by atoms with E-state index in [0.717, 1.165) is 12.1 Å². The van der Waals surface area contributed by atoms with Crippen LogP contribution in [0.4, 0.5) is 5.69 Å². The molecule has 0 spiro atoms. The van der Waals surface area contributed by atoms with Crippen molar-refractivity contribution in [1.82, 2.24) is 0 Å². The SMILES string of the molecule is CCCCCCCCC=Nc1c(C)cccc1C. The second-order valence-corrected chi connectivity index (χ2v) is 5.11. The van der Waals surface area contributed by atoms with Crippen LogP contribution in [0.25, 0.3) is 0 Å². The number of benzene rings is 1. The molecule has 0 bridgehead atoms. The molecule has 1 heteroatoms. The van der Waals surface area contributed by atoms with Gasteiger partial charge in [-0.1, -0.05) is 57.2 Å². The lowest BCUT2D eigenvalue weighted by molar-refractivity contribution is 0.617. The van der Waals surface area contributed by atoms with Gasteiger partial charge in [0, 0.05) is 6.21 Å². The molecule has 0 saturated heterocycles. The zero-order chi connectivity index (χ0) is 13.2. The molecule has 0 N–H and O–H groups in total. The third-order valence-electron chi connectivity index (χ3n) is 3.35. The molecule has 0 fully saturated rings.